The number of carboxylic acid groups (broad SMARTS) is 1. The zero-order valence-electron chi connectivity index (χ0n) is 10.8. The number of aromatic amines is 1. The lowest BCUT2D eigenvalue weighted by molar-refractivity contribution is 0.0694. The number of ether oxygens (including phenoxy) is 1. The maximum Gasteiger partial charge on any atom is 0.339 e. The molecule has 1 aliphatic carbocycles. The van der Waals surface area contributed by atoms with Crippen LogP contribution >= 0.6 is 22.6 Å². The van der Waals surface area contributed by atoms with E-state index < -0.39 is 5.97 Å². The summed E-state index contributed by atoms with van der Waals surface area (Å²) in [6, 6.07) is 6.02. The van der Waals surface area contributed by atoms with Gasteiger partial charge in [0.05, 0.1) is 6.07 Å². The molecule has 6 nitrogen and oxygen atoms in total. The number of hydrogen-bond donors (Lipinski definition) is 2. The Morgan fingerprint density at radius 2 is 2.14 bits per heavy atom. The summed E-state index contributed by atoms with van der Waals surface area (Å²) >= 11 is 2.02. The first-order chi connectivity index (χ1) is 10.0. The van der Waals surface area contributed by atoms with Gasteiger partial charge < -0.3 is 14.8 Å². The number of carboxylic acids is 1. The van der Waals surface area contributed by atoms with Crippen molar-refractivity contribution in [3.63, 3.8) is 0 Å². The summed E-state index contributed by atoms with van der Waals surface area (Å²) < 4.78 is 6.30. The number of aromatic nitrogens is 2. The summed E-state index contributed by atoms with van der Waals surface area (Å²) in [5, 5.41) is 9.20. The van der Waals surface area contributed by atoms with Gasteiger partial charge in [-0.05, 0) is 53.6 Å². The van der Waals surface area contributed by atoms with E-state index in [2.05, 4.69) is 9.97 Å². The van der Waals surface area contributed by atoms with Crippen molar-refractivity contribution < 1.29 is 14.6 Å². The summed E-state index contributed by atoms with van der Waals surface area (Å²) in [5.74, 6) is 0.0692. The van der Waals surface area contributed by atoms with E-state index in [4.69, 9.17) is 4.74 Å². The highest BCUT2D eigenvalue weighted by molar-refractivity contribution is 14.1. The molecular weight excluding hydrogens is 387 g/mol. The van der Waals surface area contributed by atoms with Crippen molar-refractivity contribution in [1.29, 1.82) is 0 Å². The Kier molecular flexibility index (Phi) is 3.66. The Morgan fingerprint density at radius 1 is 1.38 bits per heavy atom. The lowest BCUT2D eigenvalue weighted by Gasteiger charge is -2.09. The van der Waals surface area contributed by atoms with Gasteiger partial charge in [-0.15, -0.1) is 0 Å². The molecular formula is C14H11IN2O4. The van der Waals surface area contributed by atoms with Crippen molar-refractivity contribution in [2.24, 2.45) is 0 Å². The Labute approximate surface area is 133 Å². The smallest absolute Gasteiger partial charge is 0.339 e. The van der Waals surface area contributed by atoms with E-state index in [-0.39, 0.29) is 28.7 Å². The molecule has 2 N–H and O–H groups in total. The third-order valence-corrected chi connectivity index (χ3v) is 3.76. The van der Waals surface area contributed by atoms with E-state index in [1.165, 1.54) is 12.1 Å². The normalized spacial score (nSPS) is 14.0. The van der Waals surface area contributed by atoms with Gasteiger partial charge in [0.1, 0.15) is 17.1 Å². The second kappa shape index (κ2) is 5.47. The second-order valence-electron chi connectivity index (χ2n) is 4.79. The summed E-state index contributed by atoms with van der Waals surface area (Å²) in [7, 11) is 0. The van der Waals surface area contributed by atoms with Crippen LogP contribution in [-0.4, -0.2) is 21.0 Å². The van der Waals surface area contributed by atoms with E-state index in [1.807, 2.05) is 22.6 Å². The largest absolute Gasteiger partial charge is 0.478 e. The Hall–Kier alpha value is -1.90. The van der Waals surface area contributed by atoms with Gasteiger partial charge in [0.15, 0.2) is 0 Å². The van der Waals surface area contributed by atoms with Crippen LogP contribution in [-0.2, 0) is 0 Å². The van der Waals surface area contributed by atoms with Crippen LogP contribution in [0.1, 0.15) is 34.9 Å². The first-order valence-electron chi connectivity index (χ1n) is 6.35. The van der Waals surface area contributed by atoms with E-state index in [1.54, 1.807) is 12.1 Å². The molecule has 0 radical (unpaired) electrons. The van der Waals surface area contributed by atoms with Gasteiger partial charge in [-0.1, -0.05) is 0 Å². The molecule has 1 aromatic carbocycles. The molecule has 0 unspecified atom stereocenters. The molecule has 0 aliphatic heterocycles. The number of H-pyrrole nitrogens is 1. The fourth-order valence-corrected chi connectivity index (χ4v) is 2.42. The van der Waals surface area contributed by atoms with Gasteiger partial charge in [-0.3, -0.25) is 4.79 Å². The molecule has 108 valence electrons. The predicted octanol–water partition coefficient (Wildman–Crippen LogP) is 2.74. The molecule has 3 rings (SSSR count). The molecule has 0 amide bonds. The molecule has 2 aromatic rings. The summed E-state index contributed by atoms with van der Waals surface area (Å²) in [4.78, 5) is 29.8. The minimum Gasteiger partial charge on any atom is -0.478 e. The SMILES string of the molecule is O=C(O)c1cc(I)ccc1Oc1cc(=O)[nH]c(C2CC2)n1. The molecule has 1 aliphatic rings. The molecule has 0 spiro atoms. The van der Waals surface area contributed by atoms with Crippen molar-refractivity contribution in [3.8, 4) is 11.6 Å². The lowest BCUT2D eigenvalue weighted by atomic mass is 10.2. The van der Waals surface area contributed by atoms with Gasteiger partial charge in [0, 0.05) is 9.49 Å². The number of nitrogens with zero attached hydrogens (tertiary/aromatic N) is 1. The molecule has 1 aromatic heterocycles. The maximum atomic E-state index is 11.6. The van der Waals surface area contributed by atoms with Crippen LogP contribution in [0.15, 0.2) is 29.1 Å². The van der Waals surface area contributed by atoms with Crippen LogP contribution < -0.4 is 10.3 Å². The van der Waals surface area contributed by atoms with E-state index >= 15 is 0 Å². The quantitative estimate of drug-likeness (QED) is 0.773. The fraction of sp³-hybridized carbons (Fsp3) is 0.214. The van der Waals surface area contributed by atoms with Gasteiger partial charge >= 0.3 is 5.97 Å². The van der Waals surface area contributed by atoms with Crippen molar-refractivity contribution >= 4 is 28.6 Å². The summed E-state index contributed by atoms with van der Waals surface area (Å²) in [6.45, 7) is 0. The summed E-state index contributed by atoms with van der Waals surface area (Å²) in [5.41, 5.74) is -0.263. The van der Waals surface area contributed by atoms with Crippen molar-refractivity contribution in [3.05, 3.63) is 49.6 Å². The zero-order chi connectivity index (χ0) is 15.0. The standard InChI is InChI=1S/C14H11IN2O4/c15-8-3-4-10(9(5-8)14(19)20)21-12-6-11(18)16-13(17-12)7-1-2-7/h3-7H,1-2H2,(H,19,20)(H,16,17,18). The number of benzene rings is 1. The van der Waals surface area contributed by atoms with E-state index in [0.29, 0.717) is 5.82 Å². The van der Waals surface area contributed by atoms with Crippen molar-refractivity contribution in [1.82, 2.24) is 9.97 Å². The minimum absolute atomic E-state index is 0.0388. The highest BCUT2D eigenvalue weighted by atomic mass is 127. The Morgan fingerprint density at radius 3 is 2.81 bits per heavy atom. The average molecular weight is 398 g/mol. The number of halogens is 1. The topological polar surface area (TPSA) is 92.3 Å². The third kappa shape index (κ3) is 3.23. The number of rotatable bonds is 4. The second-order valence-corrected chi connectivity index (χ2v) is 6.04. The van der Waals surface area contributed by atoms with Crippen LogP contribution in [0.5, 0.6) is 11.6 Å². The zero-order valence-corrected chi connectivity index (χ0v) is 13.0. The Balaban J connectivity index is 1.97. The number of aromatic carboxylic acids is 1. The van der Waals surface area contributed by atoms with Gasteiger partial charge in [-0.2, -0.15) is 4.98 Å². The fourth-order valence-electron chi connectivity index (χ4n) is 1.93. The maximum absolute atomic E-state index is 11.6. The average Bonchev–Trinajstić information content (AvgIpc) is 3.24. The van der Waals surface area contributed by atoms with Crippen LogP contribution in [0.3, 0.4) is 0 Å². The number of hydrogen-bond acceptors (Lipinski definition) is 4. The molecule has 7 heteroatoms. The van der Waals surface area contributed by atoms with Crippen molar-refractivity contribution in [2.75, 3.05) is 0 Å². The molecule has 0 atom stereocenters. The third-order valence-electron chi connectivity index (χ3n) is 3.09. The van der Waals surface area contributed by atoms with Gasteiger partial charge in [-0.25, -0.2) is 4.79 Å². The minimum atomic E-state index is -1.09. The van der Waals surface area contributed by atoms with Crippen LogP contribution in [0.25, 0.3) is 0 Å². The van der Waals surface area contributed by atoms with Gasteiger partial charge in [0.25, 0.3) is 5.56 Å². The molecule has 21 heavy (non-hydrogen) atoms. The predicted molar refractivity (Wildman–Crippen MR) is 83.0 cm³/mol. The van der Waals surface area contributed by atoms with Gasteiger partial charge in [0.2, 0.25) is 5.88 Å². The molecule has 1 heterocycles. The highest BCUT2D eigenvalue weighted by Crippen LogP contribution is 2.38. The molecule has 0 saturated heterocycles. The summed E-state index contributed by atoms with van der Waals surface area (Å²) in [6.07, 6.45) is 1.99. The molecule has 0 bridgehead atoms. The highest BCUT2D eigenvalue weighted by Gasteiger charge is 2.26. The lowest BCUT2D eigenvalue weighted by Crippen LogP contribution is -2.11. The molecule has 1 saturated carbocycles. The first-order valence-corrected chi connectivity index (χ1v) is 7.43. The van der Waals surface area contributed by atoms with Crippen molar-refractivity contribution in [2.45, 2.75) is 18.8 Å². The van der Waals surface area contributed by atoms with Crippen LogP contribution in [0, 0.1) is 3.57 Å². The number of nitrogens with one attached hydrogen (secondary N) is 1. The number of carbonyl (C=O) groups is 1. The first kappa shape index (κ1) is 14.1. The van der Waals surface area contributed by atoms with E-state index in [0.717, 1.165) is 16.4 Å². The monoisotopic (exact) mass is 398 g/mol. The van der Waals surface area contributed by atoms with Crippen LogP contribution in [0.2, 0.25) is 0 Å². The van der Waals surface area contributed by atoms with Crippen LogP contribution in [0.4, 0.5) is 0 Å². The van der Waals surface area contributed by atoms with E-state index in [9.17, 15) is 14.7 Å². The Bertz CT molecular complexity index is 768. The molecule has 1 fully saturated rings.